The highest BCUT2D eigenvalue weighted by Gasteiger charge is 2.04. The fourth-order valence-electron chi connectivity index (χ4n) is 3.38. The molecule has 1 aromatic rings. The summed E-state index contributed by atoms with van der Waals surface area (Å²) < 4.78 is 4.42. The van der Waals surface area contributed by atoms with E-state index in [0.717, 1.165) is 5.92 Å². The molecule has 3 heteroatoms. The van der Waals surface area contributed by atoms with E-state index in [2.05, 4.69) is 48.8 Å². The quantitative estimate of drug-likeness (QED) is 0.316. The van der Waals surface area contributed by atoms with E-state index < -0.39 is 0 Å². The number of nitrogens with zero attached hydrogens (tertiary/aromatic N) is 2. The van der Waals surface area contributed by atoms with Gasteiger partial charge in [0.05, 0.1) is 13.6 Å². The van der Waals surface area contributed by atoms with Gasteiger partial charge in [-0.15, -0.1) is 0 Å². The van der Waals surface area contributed by atoms with E-state index in [1.807, 2.05) is 0 Å². The summed E-state index contributed by atoms with van der Waals surface area (Å²) in [5.41, 5.74) is 0. The summed E-state index contributed by atoms with van der Waals surface area (Å²) in [6.07, 6.45) is 25.0. The van der Waals surface area contributed by atoms with Crippen molar-refractivity contribution in [3.8, 4) is 0 Å². The smallest absolute Gasteiger partial charge is 0.243 e. The maximum atomic E-state index is 2.43. The van der Waals surface area contributed by atoms with Gasteiger partial charge in [-0.3, -0.25) is 0 Å². The van der Waals surface area contributed by atoms with Crippen LogP contribution in [0.4, 0.5) is 0 Å². The van der Waals surface area contributed by atoms with Crippen LogP contribution in [-0.2, 0) is 13.6 Å². The van der Waals surface area contributed by atoms with E-state index >= 15 is 0 Å². The van der Waals surface area contributed by atoms with E-state index in [-0.39, 0.29) is 17.0 Å². The van der Waals surface area contributed by atoms with Gasteiger partial charge in [0, 0.05) is 0 Å². The van der Waals surface area contributed by atoms with Crippen LogP contribution in [0.5, 0.6) is 0 Å². The first-order chi connectivity index (χ1) is 11.2. The Morgan fingerprint density at radius 3 is 1.92 bits per heavy atom. The minimum atomic E-state index is 0. The van der Waals surface area contributed by atoms with Crippen LogP contribution in [0.15, 0.2) is 18.7 Å². The number of rotatable bonds is 15. The number of aryl methyl sites for hydroxylation is 2. The second kappa shape index (κ2) is 16.2. The van der Waals surface area contributed by atoms with Crippen molar-refractivity contribution < 1.29 is 21.5 Å². The van der Waals surface area contributed by atoms with E-state index in [9.17, 15) is 0 Å². The average molecular weight is 401 g/mol. The number of aromatic nitrogens is 2. The fourth-order valence-corrected chi connectivity index (χ4v) is 3.38. The van der Waals surface area contributed by atoms with Gasteiger partial charge < -0.3 is 17.0 Å². The molecule has 0 fully saturated rings. The van der Waals surface area contributed by atoms with Gasteiger partial charge in [0.1, 0.15) is 12.4 Å². The Labute approximate surface area is 161 Å². The molecule has 0 aliphatic carbocycles. The van der Waals surface area contributed by atoms with Gasteiger partial charge in [-0.05, 0) is 18.8 Å². The van der Waals surface area contributed by atoms with Crippen molar-refractivity contribution in [3.63, 3.8) is 0 Å². The van der Waals surface area contributed by atoms with Crippen LogP contribution in [-0.4, -0.2) is 4.57 Å². The molecule has 24 heavy (non-hydrogen) atoms. The summed E-state index contributed by atoms with van der Waals surface area (Å²) in [6, 6.07) is 0. The van der Waals surface area contributed by atoms with Crippen molar-refractivity contribution in [3.05, 3.63) is 18.7 Å². The maximum Gasteiger partial charge on any atom is 0.243 e. The Bertz CT molecular complexity index is 376. The largest absolute Gasteiger partial charge is 1.00 e. The first-order valence-corrected chi connectivity index (χ1v) is 10.2. The van der Waals surface area contributed by atoms with Gasteiger partial charge in [0.15, 0.2) is 0 Å². The second-order valence-electron chi connectivity index (χ2n) is 7.53. The van der Waals surface area contributed by atoms with Crippen molar-refractivity contribution in [2.45, 2.75) is 104 Å². The lowest BCUT2D eigenvalue weighted by Gasteiger charge is -2.10. The van der Waals surface area contributed by atoms with Gasteiger partial charge in [-0.1, -0.05) is 84.5 Å². The Morgan fingerprint density at radius 1 is 0.833 bits per heavy atom. The molecule has 0 aromatic carbocycles. The van der Waals surface area contributed by atoms with Crippen molar-refractivity contribution >= 4 is 0 Å². The van der Waals surface area contributed by atoms with Crippen molar-refractivity contribution in [2.24, 2.45) is 13.0 Å². The topological polar surface area (TPSA) is 8.81 Å². The zero-order valence-electron chi connectivity index (χ0n) is 16.5. The minimum absolute atomic E-state index is 0. The van der Waals surface area contributed by atoms with Crippen LogP contribution in [0.2, 0.25) is 0 Å². The van der Waals surface area contributed by atoms with Gasteiger partial charge in [-0.2, -0.15) is 0 Å². The Morgan fingerprint density at radius 2 is 1.38 bits per heavy atom. The van der Waals surface area contributed by atoms with E-state index in [1.165, 1.54) is 90.0 Å². The van der Waals surface area contributed by atoms with Crippen molar-refractivity contribution in [2.75, 3.05) is 0 Å². The zero-order valence-corrected chi connectivity index (χ0v) is 18.1. The van der Waals surface area contributed by atoms with Crippen molar-refractivity contribution in [1.82, 2.24) is 4.57 Å². The number of halogens is 1. The lowest BCUT2D eigenvalue weighted by Crippen LogP contribution is -3.00. The molecule has 0 amide bonds. The molecule has 1 atom stereocenters. The molecule has 0 spiro atoms. The molecule has 2 nitrogen and oxygen atoms in total. The van der Waals surface area contributed by atoms with E-state index in [4.69, 9.17) is 0 Å². The van der Waals surface area contributed by atoms with Gasteiger partial charge >= 0.3 is 0 Å². The summed E-state index contributed by atoms with van der Waals surface area (Å²) in [7, 11) is 2.09. The molecular formula is C21H41BrN2. The molecule has 0 aliphatic heterocycles. The van der Waals surface area contributed by atoms with Crippen LogP contribution in [0.1, 0.15) is 97.3 Å². The van der Waals surface area contributed by atoms with Crippen LogP contribution < -0.4 is 21.5 Å². The van der Waals surface area contributed by atoms with Crippen molar-refractivity contribution in [1.29, 1.82) is 0 Å². The van der Waals surface area contributed by atoms with Crippen LogP contribution in [0.3, 0.4) is 0 Å². The summed E-state index contributed by atoms with van der Waals surface area (Å²) in [5.74, 6) is 0.897. The number of hydrogen-bond acceptors (Lipinski definition) is 0. The third-order valence-electron chi connectivity index (χ3n) is 4.99. The summed E-state index contributed by atoms with van der Waals surface area (Å²) in [4.78, 5) is 0. The van der Waals surface area contributed by atoms with Gasteiger partial charge in [0.25, 0.3) is 0 Å². The van der Waals surface area contributed by atoms with Crippen LogP contribution in [0, 0.1) is 5.92 Å². The highest BCUT2D eigenvalue weighted by atomic mass is 79.9. The number of imidazole rings is 1. The molecule has 0 aliphatic rings. The molecule has 0 bridgehead atoms. The molecule has 0 radical (unpaired) electrons. The zero-order chi connectivity index (χ0) is 16.8. The monoisotopic (exact) mass is 400 g/mol. The van der Waals surface area contributed by atoms with Gasteiger partial charge in [-0.25, -0.2) is 9.13 Å². The lowest BCUT2D eigenvalue weighted by molar-refractivity contribution is -0.671. The minimum Gasteiger partial charge on any atom is -1.00 e. The standard InChI is InChI=1S/C21H41N2.BrH/c1-4-5-6-7-8-9-10-11-12-13-15-21(2)16-14-17-23-19-18-22(3)20-23;/h18-21H,4-17H2,1-3H3;1H/q+1;/p-1/t21-;/m0./s1. The van der Waals surface area contributed by atoms with Crippen LogP contribution in [0.25, 0.3) is 0 Å². The Kier molecular flexibility index (Phi) is 16.0. The Balaban J connectivity index is 0.00000529. The summed E-state index contributed by atoms with van der Waals surface area (Å²) in [5, 5.41) is 0. The van der Waals surface area contributed by atoms with E-state index in [0.29, 0.717) is 0 Å². The molecule has 1 heterocycles. The predicted octanol–water partition coefficient (Wildman–Crippen LogP) is 3.04. The highest BCUT2D eigenvalue weighted by Crippen LogP contribution is 2.17. The third-order valence-corrected chi connectivity index (χ3v) is 4.99. The highest BCUT2D eigenvalue weighted by molar-refractivity contribution is 4.66. The van der Waals surface area contributed by atoms with E-state index in [1.54, 1.807) is 0 Å². The third kappa shape index (κ3) is 13.0. The summed E-state index contributed by atoms with van der Waals surface area (Å²) in [6.45, 7) is 5.90. The maximum absolute atomic E-state index is 2.43. The first-order valence-electron chi connectivity index (χ1n) is 10.2. The molecular weight excluding hydrogens is 360 g/mol. The lowest BCUT2D eigenvalue weighted by atomic mass is 9.97. The molecule has 1 rings (SSSR count). The predicted molar refractivity (Wildman–Crippen MR) is 100 cm³/mol. The number of hydrogen-bond donors (Lipinski definition) is 0. The fraction of sp³-hybridized carbons (Fsp3) is 0.857. The SMILES string of the molecule is CCCCCCCCCCCC[C@H](C)CCCn1cc[n+](C)c1.[Br-]. The molecule has 0 unspecified atom stereocenters. The normalized spacial score (nSPS) is 12.1. The molecule has 0 saturated heterocycles. The molecule has 0 N–H and O–H groups in total. The molecule has 0 saturated carbocycles. The average Bonchev–Trinajstić information content (AvgIpc) is 2.94. The summed E-state index contributed by atoms with van der Waals surface area (Å²) >= 11 is 0. The molecule has 1 aromatic heterocycles. The molecule has 142 valence electrons. The van der Waals surface area contributed by atoms with Crippen LogP contribution >= 0.6 is 0 Å². The number of unbranched alkanes of at least 4 members (excludes halogenated alkanes) is 9. The van der Waals surface area contributed by atoms with Gasteiger partial charge in [0.2, 0.25) is 6.33 Å². The Hall–Kier alpha value is -0.310. The first kappa shape index (κ1) is 23.7. The second-order valence-corrected chi connectivity index (χ2v) is 7.53.